The summed E-state index contributed by atoms with van der Waals surface area (Å²) in [7, 11) is 0. The summed E-state index contributed by atoms with van der Waals surface area (Å²) < 4.78 is 5.01. The first-order valence-electron chi connectivity index (χ1n) is 8.43. The van der Waals surface area contributed by atoms with E-state index >= 15 is 0 Å². The summed E-state index contributed by atoms with van der Waals surface area (Å²) in [6.07, 6.45) is 0.322. The van der Waals surface area contributed by atoms with Gasteiger partial charge in [0.05, 0.1) is 17.9 Å². The predicted octanol–water partition coefficient (Wildman–Crippen LogP) is 3.29. The first kappa shape index (κ1) is 18.7. The zero-order chi connectivity index (χ0) is 18.1. The number of ether oxygens (including phenoxy) is 1. The van der Waals surface area contributed by atoms with E-state index in [9.17, 15) is 9.59 Å². The van der Waals surface area contributed by atoms with Gasteiger partial charge >= 0.3 is 5.97 Å². The van der Waals surface area contributed by atoms with E-state index < -0.39 is 5.97 Å². The van der Waals surface area contributed by atoms with Gasteiger partial charge in [0.1, 0.15) is 0 Å². The molecule has 0 saturated heterocycles. The van der Waals surface area contributed by atoms with Crippen LogP contribution in [0.2, 0.25) is 0 Å². The largest absolute Gasteiger partial charge is 0.462 e. The molecule has 0 atom stereocenters. The van der Waals surface area contributed by atoms with Gasteiger partial charge in [0, 0.05) is 19.5 Å². The van der Waals surface area contributed by atoms with Crippen molar-refractivity contribution in [3.63, 3.8) is 0 Å². The third kappa shape index (κ3) is 5.72. The topological polar surface area (TPSA) is 67.4 Å². The molecular weight excluding hydrogens is 316 g/mol. The van der Waals surface area contributed by atoms with Gasteiger partial charge in [0.15, 0.2) is 0 Å². The highest BCUT2D eigenvalue weighted by Crippen LogP contribution is 2.16. The van der Waals surface area contributed by atoms with Gasteiger partial charge in [-0.1, -0.05) is 36.4 Å². The Morgan fingerprint density at radius 1 is 1.04 bits per heavy atom. The fourth-order valence-electron chi connectivity index (χ4n) is 2.43. The number of hydrogen-bond donors (Lipinski definition) is 2. The molecule has 132 valence electrons. The van der Waals surface area contributed by atoms with Crippen LogP contribution in [0.3, 0.4) is 0 Å². The second-order valence-corrected chi connectivity index (χ2v) is 5.67. The van der Waals surface area contributed by atoms with Crippen molar-refractivity contribution in [1.82, 2.24) is 5.32 Å². The van der Waals surface area contributed by atoms with E-state index in [1.54, 1.807) is 31.2 Å². The first-order chi connectivity index (χ1) is 12.1. The summed E-state index contributed by atoms with van der Waals surface area (Å²) in [5.74, 6) is -0.579. The molecule has 2 aromatic rings. The Labute approximate surface area is 148 Å². The molecule has 1 amide bonds. The molecule has 0 aliphatic carbocycles. The predicted molar refractivity (Wildman–Crippen MR) is 98.5 cm³/mol. The van der Waals surface area contributed by atoms with Gasteiger partial charge in [-0.2, -0.15) is 0 Å². The summed E-state index contributed by atoms with van der Waals surface area (Å²) in [6, 6.07) is 15.0. The van der Waals surface area contributed by atoms with Gasteiger partial charge in [-0.05, 0) is 37.1 Å². The summed E-state index contributed by atoms with van der Waals surface area (Å²) in [5.41, 5.74) is 3.29. The lowest BCUT2D eigenvalue weighted by atomic mass is 10.1. The average Bonchev–Trinajstić information content (AvgIpc) is 2.61. The van der Waals surface area contributed by atoms with Crippen LogP contribution in [0.1, 0.15) is 34.8 Å². The number of carbonyl (C=O) groups is 2. The van der Waals surface area contributed by atoms with Crippen molar-refractivity contribution in [3.8, 4) is 0 Å². The maximum absolute atomic E-state index is 12.1. The van der Waals surface area contributed by atoms with E-state index in [1.165, 1.54) is 11.1 Å². The molecule has 5 heteroatoms. The molecule has 0 spiro atoms. The van der Waals surface area contributed by atoms with E-state index in [0.717, 1.165) is 6.54 Å². The molecule has 0 fully saturated rings. The fourth-order valence-corrected chi connectivity index (χ4v) is 2.43. The lowest BCUT2D eigenvalue weighted by Crippen LogP contribution is -2.22. The van der Waals surface area contributed by atoms with E-state index in [4.69, 9.17) is 4.74 Å². The third-order valence-corrected chi connectivity index (χ3v) is 3.80. The van der Waals surface area contributed by atoms with Crippen LogP contribution in [0.15, 0.2) is 48.5 Å². The second kappa shape index (κ2) is 9.59. The molecule has 0 aliphatic rings. The SMILES string of the molecule is CCOC(=O)c1ccccc1NC(=O)CCNCc1ccccc1C. The van der Waals surface area contributed by atoms with Gasteiger partial charge in [-0.3, -0.25) is 4.79 Å². The zero-order valence-corrected chi connectivity index (χ0v) is 14.7. The normalized spacial score (nSPS) is 10.3. The van der Waals surface area contributed by atoms with Crippen LogP contribution in [-0.4, -0.2) is 25.0 Å². The second-order valence-electron chi connectivity index (χ2n) is 5.67. The van der Waals surface area contributed by atoms with Gasteiger partial charge in [0.2, 0.25) is 5.91 Å². The monoisotopic (exact) mass is 340 g/mol. The summed E-state index contributed by atoms with van der Waals surface area (Å²) in [4.78, 5) is 24.0. The number of hydrogen-bond acceptors (Lipinski definition) is 4. The average molecular weight is 340 g/mol. The molecule has 2 N–H and O–H groups in total. The molecule has 5 nitrogen and oxygen atoms in total. The summed E-state index contributed by atoms with van der Waals surface area (Å²) in [5, 5.41) is 6.04. The number of amides is 1. The first-order valence-corrected chi connectivity index (χ1v) is 8.43. The minimum atomic E-state index is -0.434. The molecule has 0 bridgehead atoms. The summed E-state index contributed by atoms with van der Waals surface area (Å²) in [6.45, 7) is 5.39. The third-order valence-electron chi connectivity index (χ3n) is 3.80. The van der Waals surface area contributed by atoms with Gasteiger partial charge < -0.3 is 15.4 Å². The Morgan fingerprint density at radius 3 is 2.52 bits per heavy atom. The zero-order valence-electron chi connectivity index (χ0n) is 14.7. The molecule has 0 unspecified atom stereocenters. The van der Waals surface area contributed by atoms with Crippen LogP contribution in [0.25, 0.3) is 0 Å². The number of benzene rings is 2. The number of aryl methyl sites for hydroxylation is 1. The van der Waals surface area contributed by atoms with E-state index in [0.29, 0.717) is 30.8 Å². The van der Waals surface area contributed by atoms with E-state index in [-0.39, 0.29) is 5.91 Å². The number of rotatable bonds is 8. The van der Waals surface area contributed by atoms with Crippen LogP contribution in [0.4, 0.5) is 5.69 Å². The number of esters is 1. The number of nitrogens with one attached hydrogen (secondary N) is 2. The smallest absolute Gasteiger partial charge is 0.340 e. The van der Waals surface area contributed by atoms with Crippen LogP contribution in [-0.2, 0) is 16.1 Å². The Kier molecular flexibility index (Phi) is 7.16. The van der Waals surface area contributed by atoms with Crippen LogP contribution in [0, 0.1) is 6.92 Å². The molecule has 2 aromatic carbocycles. The fraction of sp³-hybridized carbons (Fsp3) is 0.300. The molecule has 0 radical (unpaired) electrons. The van der Waals surface area contributed by atoms with Crippen LogP contribution in [0.5, 0.6) is 0 Å². The molecule has 0 saturated carbocycles. The maximum Gasteiger partial charge on any atom is 0.340 e. The molecule has 0 aromatic heterocycles. The Bertz CT molecular complexity index is 728. The van der Waals surface area contributed by atoms with Crippen molar-refractivity contribution in [1.29, 1.82) is 0 Å². The van der Waals surface area contributed by atoms with E-state index in [1.807, 2.05) is 12.1 Å². The molecule has 2 rings (SSSR count). The van der Waals surface area contributed by atoms with Crippen molar-refractivity contribution in [2.75, 3.05) is 18.5 Å². The van der Waals surface area contributed by atoms with Gasteiger partial charge in [0.25, 0.3) is 0 Å². The van der Waals surface area contributed by atoms with Gasteiger partial charge in [-0.25, -0.2) is 4.79 Å². The van der Waals surface area contributed by atoms with Crippen molar-refractivity contribution in [2.24, 2.45) is 0 Å². The van der Waals surface area contributed by atoms with Gasteiger partial charge in [-0.15, -0.1) is 0 Å². The molecule has 25 heavy (non-hydrogen) atoms. The summed E-state index contributed by atoms with van der Waals surface area (Å²) >= 11 is 0. The van der Waals surface area contributed by atoms with Crippen molar-refractivity contribution in [3.05, 3.63) is 65.2 Å². The lowest BCUT2D eigenvalue weighted by molar-refractivity contribution is -0.116. The Morgan fingerprint density at radius 2 is 1.76 bits per heavy atom. The quantitative estimate of drug-likeness (QED) is 0.572. The lowest BCUT2D eigenvalue weighted by Gasteiger charge is -2.11. The number of para-hydroxylation sites is 1. The highest BCUT2D eigenvalue weighted by Gasteiger charge is 2.13. The maximum atomic E-state index is 12.1. The number of anilines is 1. The van der Waals surface area contributed by atoms with Crippen LogP contribution >= 0.6 is 0 Å². The highest BCUT2D eigenvalue weighted by atomic mass is 16.5. The van der Waals surface area contributed by atoms with Crippen molar-refractivity contribution in [2.45, 2.75) is 26.8 Å². The van der Waals surface area contributed by atoms with E-state index in [2.05, 4.69) is 29.7 Å². The molecule has 0 aliphatic heterocycles. The molecular formula is C20H24N2O3. The van der Waals surface area contributed by atoms with Crippen molar-refractivity contribution < 1.29 is 14.3 Å². The highest BCUT2D eigenvalue weighted by molar-refractivity contribution is 6.01. The number of carbonyl (C=O) groups excluding carboxylic acids is 2. The minimum absolute atomic E-state index is 0.144. The molecule has 0 heterocycles. The van der Waals surface area contributed by atoms with Crippen LogP contribution < -0.4 is 10.6 Å². The van der Waals surface area contributed by atoms with Crippen molar-refractivity contribution >= 4 is 17.6 Å². The Balaban J connectivity index is 1.83. The standard InChI is InChI=1S/C20H24N2O3/c1-3-25-20(24)17-10-6-7-11-18(17)22-19(23)12-13-21-14-16-9-5-4-8-15(16)2/h4-11,21H,3,12-14H2,1-2H3,(H,22,23). The minimum Gasteiger partial charge on any atom is -0.462 e. The Hall–Kier alpha value is -2.66.